The number of hydrogen-bond donors (Lipinski definition) is 1. The van der Waals surface area contributed by atoms with Crippen LogP contribution >= 0.6 is 0 Å². The number of ether oxygens (including phenoxy) is 1. The van der Waals surface area contributed by atoms with E-state index in [2.05, 4.69) is 4.98 Å². The van der Waals surface area contributed by atoms with Gasteiger partial charge in [0.2, 0.25) is 0 Å². The lowest BCUT2D eigenvalue weighted by atomic mass is 9.82. The van der Waals surface area contributed by atoms with Crippen molar-refractivity contribution in [1.29, 1.82) is 0 Å². The summed E-state index contributed by atoms with van der Waals surface area (Å²) in [7, 11) is 1.70. The minimum atomic E-state index is -0.564. The Hall–Kier alpha value is -0.930. The lowest BCUT2D eigenvalue weighted by molar-refractivity contribution is -0.0560. The number of rotatable bonds is 4. The van der Waals surface area contributed by atoms with E-state index in [0.717, 1.165) is 24.1 Å². The molecule has 3 heteroatoms. The van der Waals surface area contributed by atoms with Crippen LogP contribution in [0.25, 0.3) is 0 Å². The van der Waals surface area contributed by atoms with Gasteiger partial charge in [-0.15, -0.1) is 0 Å². The number of methoxy groups -OCH3 is 1. The van der Waals surface area contributed by atoms with Crippen LogP contribution in [0.2, 0.25) is 0 Å². The Labute approximate surface area is 109 Å². The van der Waals surface area contributed by atoms with E-state index in [1.54, 1.807) is 13.3 Å². The summed E-state index contributed by atoms with van der Waals surface area (Å²) in [6.45, 7) is 1.95. The molecule has 1 fully saturated rings. The zero-order valence-corrected chi connectivity index (χ0v) is 11.3. The average molecular weight is 249 g/mol. The van der Waals surface area contributed by atoms with Crippen LogP contribution in [-0.2, 0) is 4.74 Å². The molecule has 2 unspecified atom stereocenters. The third kappa shape index (κ3) is 3.09. The summed E-state index contributed by atoms with van der Waals surface area (Å²) in [6.07, 6.45) is 7.24. The highest BCUT2D eigenvalue weighted by Crippen LogP contribution is 2.33. The minimum Gasteiger partial charge on any atom is -0.386 e. The number of aromatic nitrogens is 1. The van der Waals surface area contributed by atoms with E-state index in [4.69, 9.17) is 4.74 Å². The Balaban J connectivity index is 2.08. The normalized spacial score (nSPS) is 20.6. The molecular weight excluding hydrogens is 226 g/mol. The van der Waals surface area contributed by atoms with Gasteiger partial charge < -0.3 is 9.84 Å². The summed E-state index contributed by atoms with van der Waals surface area (Å²) in [5.41, 5.74) is 1.83. The van der Waals surface area contributed by atoms with Gasteiger partial charge in [-0.2, -0.15) is 0 Å². The fourth-order valence-electron chi connectivity index (χ4n) is 2.89. The molecule has 0 saturated heterocycles. The summed E-state index contributed by atoms with van der Waals surface area (Å²) < 4.78 is 5.56. The maximum atomic E-state index is 10.5. The second-order valence-corrected chi connectivity index (χ2v) is 5.28. The fourth-order valence-corrected chi connectivity index (χ4v) is 2.89. The topological polar surface area (TPSA) is 42.4 Å². The summed E-state index contributed by atoms with van der Waals surface area (Å²) in [5.74, 6) is 0.472. The predicted molar refractivity (Wildman–Crippen MR) is 71.3 cm³/mol. The molecule has 0 spiro atoms. The van der Waals surface area contributed by atoms with Crippen LogP contribution in [0.15, 0.2) is 18.3 Å². The molecule has 2 atom stereocenters. The molecule has 1 heterocycles. The molecule has 3 nitrogen and oxygen atoms in total. The predicted octanol–water partition coefficient (Wildman–Crippen LogP) is 3.02. The van der Waals surface area contributed by atoms with E-state index < -0.39 is 6.10 Å². The lowest BCUT2D eigenvalue weighted by Gasteiger charge is -2.32. The first-order valence-electron chi connectivity index (χ1n) is 6.86. The van der Waals surface area contributed by atoms with Crippen molar-refractivity contribution in [2.75, 3.05) is 7.11 Å². The van der Waals surface area contributed by atoms with E-state index in [-0.39, 0.29) is 6.10 Å². The lowest BCUT2D eigenvalue weighted by Crippen LogP contribution is -2.31. The Morgan fingerprint density at radius 1 is 1.28 bits per heavy atom. The molecule has 0 radical (unpaired) electrons. The third-order valence-electron chi connectivity index (χ3n) is 3.97. The van der Waals surface area contributed by atoms with Gasteiger partial charge in [0.15, 0.2) is 0 Å². The van der Waals surface area contributed by atoms with Crippen LogP contribution in [0.1, 0.15) is 49.5 Å². The molecule has 0 aromatic carbocycles. The monoisotopic (exact) mass is 249 g/mol. The van der Waals surface area contributed by atoms with E-state index >= 15 is 0 Å². The Bertz CT molecular complexity index is 357. The van der Waals surface area contributed by atoms with Crippen molar-refractivity contribution in [1.82, 2.24) is 4.98 Å². The van der Waals surface area contributed by atoms with Crippen molar-refractivity contribution in [3.63, 3.8) is 0 Å². The van der Waals surface area contributed by atoms with Gasteiger partial charge in [-0.25, -0.2) is 0 Å². The molecule has 2 rings (SSSR count). The molecule has 0 amide bonds. The SMILES string of the molecule is COC(C1CCCCC1)C(O)c1ccc(C)nc1. The molecular formula is C15H23NO2. The van der Waals surface area contributed by atoms with Gasteiger partial charge in [0.1, 0.15) is 6.10 Å². The first-order chi connectivity index (χ1) is 8.72. The maximum absolute atomic E-state index is 10.5. The minimum absolute atomic E-state index is 0.102. The summed E-state index contributed by atoms with van der Waals surface area (Å²) in [6, 6.07) is 3.88. The van der Waals surface area contributed by atoms with Gasteiger partial charge in [0, 0.05) is 24.6 Å². The van der Waals surface area contributed by atoms with Crippen molar-refractivity contribution in [3.8, 4) is 0 Å². The van der Waals surface area contributed by atoms with E-state index in [0.29, 0.717) is 5.92 Å². The number of pyridine rings is 1. The summed E-state index contributed by atoms with van der Waals surface area (Å²) >= 11 is 0. The van der Waals surface area contributed by atoms with E-state index in [9.17, 15) is 5.11 Å². The fraction of sp³-hybridized carbons (Fsp3) is 0.667. The number of aliphatic hydroxyl groups excluding tert-OH is 1. The molecule has 100 valence electrons. The van der Waals surface area contributed by atoms with Crippen molar-refractivity contribution in [2.45, 2.75) is 51.2 Å². The van der Waals surface area contributed by atoms with Crippen LogP contribution in [0.4, 0.5) is 0 Å². The van der Waals surface area contributed by atoms with Gasteiger partial charge in [0.25, 0.3) is 0 Å². The van der Waals surface area contributed by atoms with Crippen LogP contribution in [-0.4, -0.2) is 23.3 Å². The standard InChI is InChI=1S/C15H23NO2/c1-11-8-9-13(10-16-11)14(17)15(18-2)12-6-4-3-5-7-12/h8-10,12,14-15,17H,3-7H2,1-2H3. The van der Waals surface area contributed by atoms with Gasteiger partial charge in [-0.05, 0) is 31.7 Å². The smallest absolute Gasteiger partial charge is 0.107 e. The van der Waals surface area contributed by atoms with Crippen LogP contribution in [0.5, 0.6) is 0 Å². The highest BCUT2D eigenvalue weighted by molar-refractivity contribution is 5.17. The number of aryl methyl sites for hydroxylation is 1. The highest BCUT2D eigenvalue weighted by atomic mass is 16.5. The summed E-state index contributed by atoms with van der Waals surface area (Å²) in [4.78, 5) is 4.25. The van der Waals surface area contributed by atoms with Gasteiger partial charge >= 0.3 is 0 Å². The van der Waals surface area contributed by atoms with Gasteiger partial charge in [-0.3, -0.25) is 4.98 Å². The van der Waals surface area contributed by atoms with Gasteiger partial charge in [-0.1, -0.05) is 25.3 Å². The van der Waals surface area contributed by atoms with Crippen LogP contribution in [0.3, 0.4) is 0 Å². The number of hydrogen-bond acceptors (Lipinski definition) is 3. The molecule has 18 heavy (non-hydrogen) atoms. The molecule has 1 aliphatic rings. The molecule has 0 aliphatic heterocycles. The quantitative estimate of drug-likeness (QED) is 0.892. The first-order valence-corrected chi connectivity index (χ1v) is 6.86. The Morgan fingerprint density at radius 2 is 2.00 bits per heavy atom. The number of aliphatic hydroxyl groups is 1. The van der Waals surface area contributed by atoms with E-state index in [1.165, 1.54) is 19.3 Å². The molecule has 1 aromatic heterocycles. The Morgan fingerprint density at radius 3 is 2.56 bits per heavy atom. The Kier molecular flexibility index (Phi) is 4.72. The van der Waals surface area contributed by atoms with E-state index in [1.807, 2.05) is 19.1 Å². The summed E-state index contributed by atoms with van der Waals surface area (Å²) in [5, 5.41) is 10.5. The second kappa shape index (κ2) is 6.30. The van der Waals surface area contributed by atoms with Gasteiger partial charge in [0.05, 0.1) is 6.10 Å². The molecule has 0 bridgehead atoms. The zero-order valence-electron chi connectivity index (χ0n) is 11.3. The number of nitrogens with zero attached hydrogens (tertiary/aromatic N) is 1. The second-order valence-electron chi connectivity index (χ2n) is 5.28. The van der Waals surface area contributed by atoms with Crippen molar-refractivity contribution >= 4 is 0 Å². The highest BCUT2D eigenvalue weighted by Gasteiger charge is 2.30. The molecule has 1 aromatic rings. The van der Waals surface area contributed by atoms with Crippen molar-refractivity contribution < 1.29 is 9.84 Å². The van der Waals surface area contributed by atoms with Crippen molar-refractivity contribution in [2.24, 2.45) is 5.92 Å². The van der Waals surface area contributed by atoms with Crippen LogP contribution < -0.4 is 0 Å². The molecule has 1 aliphatic carbocycles. The zero-order chi connectivity index (χ0) is 13.0. The largest absolute Gasteiger partial charge is 0.386 e. The molecule has 1 N–H and O–H groups in total. The maximum Gasteiger partial charge on any atom is 0.107 e. The first kappa shape index (κ1) is 13.5. The van der Waals surface area contributed by atoms with Crippen molar-refractivity contribution in [3.05, 3.63) is 29.6 Å². The average Bonchev–Trinajstić information content (AvgIpc) is 2.41. The third-order valence-corrected chi connectivity index (χ3v) is 3.97. The van der Waals surface area contributed by atoms with Crippen LogP contribution in [0, 0.1) is 12.8 Å². The molecule has 1 saturated carbocycles.